The number of carbonyl (C=O) groups is 2. The average Bonchev–Trinajstić information content (AvgIpc) is 3.44. The number of rotatable bonds is 7. The van der Waals surface area contributed by atoms with Crippen molar-refractivity contribution in [3.63, 3.8) is 0 Å². The van der Waals surface area contributed by atoms with Crippen LogP contribution in [0.3, 0.4) is 0 Å². The number of halogens is 7. The van der Waals surface area contributed by atoms with Crippen LogP contribution in [0.4, 0.5) is 31.1 Å². The summed E-state index contributed by atoms with van der Waals surface area (Å²) in [6, 6.07) is 10.3. The molecule has 2 aliphatic heterocycles. The van der Waals surface area contributed by atoms with Crippen molar-refractivity contribution in [1.82, 2.24) is 23.9 Å². The van der Waals surface area contributed by atoms with Crippen LogP contribution in [0.1, 0.15) is 47.9 Å². The first kappa shape index (κ1) is 37.2. The van der Waals surface area contributed by atoms with Crippen LogP contribution in [0.5, 0.6) is 0 Å². The topological polar surface area (TPSA) is 130 Å². The van der Waals surface area contributed by atoms with Crippen molar-refractivity contribution in [3.05, 3.63) is 93.1 Å². The van der Waals surface area contributed by atoms with Crippen molar-refractivity contribution in [2.24, 2.45) is 0 Å². The predicted molar refractivity (Wildman–Crippen MR) is 174 cm³/mol. The molecule has 2 amide bonds. The van der Waals surface area contributed by atoms with Crippen LogP contribution in [0.15, 0.2) is 65.7 Å². The van der Waals surface area contributed by atoms with Crippen LogP contribution < -0.4 is 5.56 Å². The van der Waals surface area contributed by atoms with Gasteiger partial charge in [0.2, 0.25) is 5.91 Å². The molecule has 11 nitrogen and oxygen atoms in total. The SMILES string of the molecule is O=C(C[C@H](c1ccccc1)C(F)(F)F)N1CCC(O)(Cn2cnc3c(cc(Cl)n3-c3ccc([C@H]4COCCN4C(=O)O)c(C(F)(F)F)c3)c2=O)CC1. The Labute approximate surface area is 296 Å². The lowest BCUT2D eigenvalue weighted by Crippen LogP contribution is -2.50. The minimum Gasteiger partial charge on any atom is -0.465 e. The van der Waals surface area contributed by atoms with E-state index in [1.54, 1.807) is 6.07 Å². The van der Waals surface area contributed by atoms with E-state index >= 15 is 0 Å². The van der Waals surface area contributed by atoms with Gasteiger partial charge in [-0.2, -0.15) is 26.3 Å². The number of aliphatic hydroxyl groups is 1. The van der Waals surface area contributed by atoms with E-state index in [0.717, 1.165) is 32.5 Å². The maximum absolute atomic E-state index is 14.4. The Morgan fingerprint density at radius 2 is 1.71 bits per heavy atom. The van der Waals surface area contributed by atoms with E-state index < -0.39 is 59.5 Å². The Hall–Kier alpha value is -4.61. The molecule has 0 saturated carbocycles. The molecule has 2 aromatic heterocycles. The number of carboxylic acid groups (broad SMARTS) is 1. The predicted octanol–water partition coefficient (Wildman–Crippen LogP) is 6.00. The monoisotopic (exact) mass is 755 g/mol. The summed E-state index contributed by atoms with van der Waals surface area (Å²) < 4.78 is 92.1. The minimum atomic E-state index is -4.90. The summed E-state index contributed by atoms with van der Waals surface area (Å²) in [7, 11) is 0. The van der Waals surface area contributed by atoms with E-state index in [1.807, 2.05) is 0 Å². The van der Waals surface area contributed by atoms with Crippen LogP contribution in [-0.4, -0.2) is 90.8 Å². The summed E-state index contributed by atoms with van der Waals surface area (Å²) in [6.45, 7) is -0.771. The summed E-state index contributed by atoms with van der Waals surface area (Å²) in [5.41, 5.74) is -3.86. The molecule has 2 aliphatic rings. The summed E-state index contributed by atoms with van der Waals surface area (Å²) in [5.74, 6) is -2.72. The number of likely N-dealkylation sites (tertiary alicyclic amines) is 1. The summed E-state index contributed by atoms with van der Waals surface area (Å²) in [5, 5.41) is 20.7. The molecule has 0 bridgehead atoms. The van der Waals surface area contributed by atoms with Gasteiger partial charge in [0.05, 0.1) is 48.3 Å². The van der Waals surface area contributed by atoms with Crippen molar-refractivity contribution < 1.29 is 50.9 Å². The fourth-order valence-corrected chi connectivity index (χ4v) is 7.10. The number of piperidine rings is 1. The number of hydrogen-bond donors (Lipinski definition) is 2. The highest BCUT2D eigenvalue weighted by molar-refractivity contribution is 6.31. The van der Waals surface area contributed by atoms with Crippen molar-refractivity contribution in [1.29, 1.82) is 0 Å². The van der Waals surface area contributed by atoms with Crippen molar-refractivity contribution in [3.8, 4) is 5.69 Å². The van der Waals surface area contributed by atoms with Gasteiger partial charge in [0.15, 0.2) is 5.65 Å². The average molecular weight is 756 g/mol. The van der Waals surface area contributed by atoms with Gasteiger partial charge < -0.3 is 19.8 Å². The maximum Gasteiger partial charge on any atom is 0.416 e. The van der Waals surface area contributed by atoms with Gasteiger partial charge >= 0.3 is 18.4 Å². The fraction of sp³-hybridized carbons (Fsp3) is 0.412. The zero-order valence-electron chi connectivity index (χ0n) is 27.2. The second-order valence-corrected chi connectivity index (χ2v) is 13.3. The van der Waals surface area contributed by atoms with E-state index in [0.29, 0.717) is 0 Å². The third kappa shape index (κ3) is 7.47. The van der Waals surface area contributed by atoms with Crippen LogP contribution in [0, 0.1) is 0 Å². The largest absolute Gasteiger partial charge is 0.465 e. The highest BCUT2D eigenvalue weighted by Crippen LogP contribution is 2.40. The Bertz CT molecular complexity index is 2030. The molecule has 4 heterocycles. The third-order valence-corrected chi connectivity index (χ3v) is 9.84. The lowest BCUT2D eigenvalue weighted by atomic mass is 9.89. The van der Waals surface area contributed by atoms with Gasteiger partial charge in [0, 0.05) is 31.7 Å². The van der Waals surface area contributed by atoms with E-state index in [4.69, 9.17) is 16.3 Å². The molecule has 18 heteroatoms. The number of ether oxygens (including phenoxy) is 1. The molecule has 0 radical (unpaired) electrons. The summed E-state index contributed by atoms with van der Waals surface area (Å²) >= 11 is 6.44. The first-order valence-corrected chi connectivity index (χ1v) is 16.5. The van der Waals surface area contributed by atoms with Gasteiger partial charge in [-0.05, 0) is 42.2 Å². The van der Waals surface area contributed by atoms with Crippen molar-refractivity contribution in [2.45, 2.75) is 55.7 Å². The van der Waals surface area contributed by atoms with Crippen LogP contribution in [0.25, 0.3) is 16.7 Å². The Balaban J connectivity index is 1.21. The fourth-order valence-electron chi connectivity index (χ4n) is 6.81. The molecule has 2 atom stereocenters. The van der Waals surface area contributed by atoms with Crippen LogP contribution >= 0.6 is 11.6 Å². The van der Waals surface area contributed by atoms with E-state index in [9.17, 15) is 50.9 Å². The number of benzene rings is 2. The standard InChI is InChI=1S/C34H32ClF6N5O6/c35-27-15-23-29(46(27)21-6-7-22(25(14-21)34(39,40)41)26-17-52-13-12-45(26)31(49)50)42-19-44(30(23)48)18-32(51)8-10-43(11-9-32)28(47)16-24(33(36,37)38)20-4-2-1-3-5-20/h1-7,14-15,19,24,26,51H,8-13,16-18H2,(H,49,50)/t24-,26-/m1/s1. The van der Waals surface area contributed by atoms with Gasteiger partial charge in [0.1, 0.15) is 11.5 Å². The van der Waals surface area contributed by atoms with Gasteiger partial charge in [-0.15, -0.1) is 0 Å². The van der Waals surface area contributed by atoms with Gasteiger partial charge in [0.25, 0.3) is 5.56 Å². The zero-order valence-corrected chi connectivity index (χ0v) is 28.0. The van der Waals surface area contributed by atoms with E-state index in [1.165, 1.54) is 41.3 Å². The molecule has 4 aromatic rings. The molecule has 2 saturated heterocycles. The molecule has 2 N–H and O–H groups in total. The first-order valence-electron chi connectivity index (χ1n) is 16.1. The number of amides is 2. The molecule has 278 valence electrons. The molecular weight excluding hydrogens is 724 g/mol. The lowest BCUT2D eigenvalue weighted by Gasteiger charge is -2.39. The number of aromatic nitrogens is 3. The molecular formula is C34H32ClF6N5O6. The molecule has 6 rings (SSSR count). The van der Waals surface area contributed by atoms with Crippen LogP contribution in [0.2, 0.25) is 5.15 Å². The third-order valence-electron chi connectivity index (χ3n) is 9.56. The maximum atomic E-state index is 14.4. The van der Waals surface area contributed by atoms with E-state index in [2.05, 4.69) is 4.98 Å². The number of hydrogen-bond acceptors (Lipinski definition) is 6. The molecule has 0 aliphatic carbocycles. The van der Waals surface area contributed by atoms with Gasteiger partial charge in [-0.25, -0.2) is 9.78 Å². The highest BCUT2D eigenvalue weighted by Gasteiger charge is 2.44. The Morgan fingerprint density at radius 1 is 1.02 bits per heavy atom. The summed E-state index contributed by atoms with van der Waals surface area (Å²) in [6.07, 6.45) is -10.8. The highest BCUT2D eigenvalue weighted by atomic mass is 35.5. The van der Waals surface area contributed by atoms with Crippen molar-refractivity contribution >= 4 is 34.6 Å². The first-order chi connectivity index (χ1) is 24.5. The van der Waals surface area contributed by atoms with E-state index in [-0.39, 0.29) is 85.2 Å². The zero-order chi connectivity index (χ0) is 37.6. The lowest BCUT2D eigenvalue weighted by molar-refractivity contribution is -0.162. The molecule has 0 spiro atoms. The molecule has 0 unspecified atom stereocenters. The summed E-state index contributed by atoms with van der Waals surface area (Å²) in [4.78, 5) is 44.7. The Morgan fingerprint density at radius 3 is 2.35 bits per heavy atom. The number of morpholine rings is 1. The number of carbonyl (C=O) groups excluding carboxylic acids is 1. The van der Waals surface area contributed by atoms with Crippen molar-refractivity contribution in [2.75, 3.05) is 32.8 Å². The molecule has 2 fully saturated rings. The minimum absolute atomic E-state index is 0.0346. The normalized spacial score (nSPS) is 18.8. The smallest absolute Gasteiger partial charge is 0.416 e. The second-order valence-electron chi connectivity index (χ2n) is 12.9. The second kappa shape index (κ2) is 14.1. The number of alkyl halides is 6. The number of fused-ring (bicyclic) bond motifs is 1. The number of nitrogens with zero attached hydrogens (tertiary/aromatic N) is 5. The van der Waals surface area contributed by atoms with Crippen LogP contribution in [-0.2, 0) is 22.3 Å². The molecule has 52 heavy (non-hydrogen) atoms. The quantitative estimate of drug-likeness (QED) is 0.222. The Kier molecular flexibility index (Phi) is 10.1. The van der Waals surface area contributed by atoms with Gasteiger partial charge in [-0.3, -0.25) is 23.6 Å². The van der Waals surface area contributed by atoms with Gasteiger partial charge in [-0.1, -0.05) is 48.0 Å². The molecule has 2 aromatic carbocycles.